The number of hydrogen-bond donors (Lipinski definition) is 2. The van der Waals surface area contributed by atoms with E-state index in [0.717, 1.165) is 32.7 Å². The first-order chi connectivity index (χ1) is 13.7. The molecule has 0 fully saturated rings. The second-order valence-corrected chi connectivity index (χ2v) is 6.65. The maximum Gasteiger partial charge on any atom is 0.132 e. The fourth-order valence-electron chi connectivity index (χ4n) is 3.97. The summed E-state index contributed by atoms with van der Waals surface area (Å²) in [5.41, 5.74) is 3.12. The summed E-state index contributed by atoms with van der Waals surface area (Å²) < 4.78 is 11.5. The number of aliphatic hydroxyl groups is 2. The Kier molecular flexibility index (Phi) is 4.90. The summed E-state index contributed by atoms with van der Waals surface area (Å²) in [5.74, 6) is 1.22. The molecule has 4 heteroatoms. The molecule has 0 aliphatic carbocycles. The lowest BCUT2D eigenvalue weighted by molar-refractivity contribution is 0.273. The fourth-order valence-corrected chi connectivity index (χ4v) is 3.97. The highest BCUT2D eigenvalue weighted by Gasteiger charge is 2.23. The summed E-state index contributed by atoms with van der Waals surface area (Å²) in [6.07, 6.45) is 0. The minimum absolute atomic E-state index is 0.138. The Balaban J connectivity index is 2.27. The van der Waals surface area contributed by atoms with Crippen molar-refractivity contribution in [3.63, 3.8) is 0 Å². The molecule has 28 heavy (non-hydrogen) atoms. The molecule has 0 aliphatic heterocycles. The van der Waals surface area contributed by atoms with Crippen LogP contribution in [0.5, 0.6) is 11.5 Å². The Morgan fingerprint density at radius 2 is 1.04 bits per heavy atom. The summed E-state index contributed by atoms with van der Waals surface area (Å²) >= 11 is 0. The Labute approximate surface area is 163 Å². The lowest BCUT2D eigenvalue weighted by Gasteiger charge is -2.21. The van der Waals surface area contributed by atoms with Crippen molar-refractivity contribution in [2.24, 2.45) is 0 Å². The SMILES string of the molecule is COc1c(CO)cc2ccccc2c1-c1c(OC)c(CO)cc2ccccc12. The van der Waals surface area contributed by atoms with Crippen molar-refractivity contribution in [3.05, 3.63) is 71.8 Å². The Hall–Kier alpha value is -3.08. The number of benzene rings is 4. The first kappa shape index (κ1) is 18.3. The van der Waals surface area contributed by atoms with E-state index < -0.39 is 0 Å². The third-order valence-electron chi connectivity index (χ3n) is 5.16. The van der Waals surface area contributed by atoms with E-state index in [1.54, 1.807) is 14.2 Å². The standard InChI is InChI=1S/C24H22O4/c1-27-23-17(13-25)11-15-7-3-5-9-19(15)21(23)22-20-10-6-4-8-16(20)12-18(14-26)24(22)28-2/h3-12,25-26H,13-14H2,1-2H3. The molecule has 0 unspecified atom stereocenters. The van der Waals surface area contributed by atoms with Gasteiger partial charge in [-0.05, 0) is 33.7 Å². The second kappa shape index (κ2) is 7.50. The molecule has 0 radical (unpaired) electrons. The van der Waals surface area contributed by atoms with Crippen molar-refractivity contribution in [2.45, 2.75) is 13.2 Å². The summed E-state index contributed by atoms with van der Waals surface area (Å²) in [5, 5.41) is 23.9. The van der Waals surface area contributed by atoms with E-state index >= 15 is 0 Å². The number of fused-ring (bicyclic) bond motifs is 2. The van der Waals surface area contributed by atoms with Gasteiger partial charge in [-0.25, -0.2) is 0 Å². The molecule has 0 spiro atoms. The van der Waals surface area contributed by atoms with E-state index in [1.807, 2.05) is 60.7 Å². The van der Waals surface area contributed by atoms with Crippen molar-refractivity contribution in [1.29, 1.82) is 0 Å². The van der Waals surface area contributed by atoms with E-state index in [9.17, 15) is 10.2 Å². The van der Waals surface area contributed by atoms with Gasteiger partial charge in [-0.1, -0.05) is 48.5 Å². The molecule has 4 nitrogen and oxygen atoms in total. The van der Waals surface area contributed by atoms with Gasteiger partial charge in [0, 0.05) is 22.3 Å². The van der Waals surface area contributed by atoms with Crippen molar-refractivity contribution < 1.29 is 19.7 Å². The molecule has 2 N–H and O–H groups in total. The predicted molar refractivity (Wildman–Crippen MR) is 112 cm³/mol. The van der Waals surface area contributed by atoms with E-state index in [4.69, 9.17) is 9.47 Å². The molecule has 0 saturated carbocycles. The topological polar surface area (TPSA) is 58.9 Å². The normalized spacial score (nSPS) is 11.1. The Morgan fingerprint density at radius 3 is 1.39 bits per heavy atom. The van der Waals surface area contributed by atoms with Crippen molar-refractivity contribution in [2.75, 3.05) is 14.2 Å². The Bertz CT molecular complexity index is 1070. The van der Waals surface area contributed by atoms with Crippen molar-refractivity contribution in [3.8, 4) is 22.6 Å². The summed E-state index contributed by atoms with van der Waals surface area (Å²) in [4.78, 5) is 0. The van der Waals surface area contributed by atoms with Gasteiger partial charge in [0.05, 0.1) is 27.4 Å². The maximum absolute atomic E-state index is 9.97. The molecule has 4 aromatic rings. The van der Waals surface area contributed by atoms with Gasteiger partial charge in [0.25, 0.3) is 0 Å². The number of methoxy groups -OCH3 is 2. The Morgan fingerprint density at radius 1 is 0.643 bits per heavy atom. The zero-order valence-corrected chi connectivity index (χ0v) is 15.9. The van der Waals surface area contributed by atoms with Gasteiger partial charge in [0.1, 0.15) is 11.5 Å². The highest BCUT2D eigenvalue weighted by atomic mass is 16.5. The molecule has 4 rings (SSSR count). The van der Waals surface area contributed by atoms with E-state index in [2.05, 4.69) is 0 Å². The van der Waals surface area contributed by atoms with Crippen LogP contribution in [0.15, 0.2) is 60.7 Å². The molecule has 0 aliphatic rings. The minimum atomic E-state index is -0.138. The van der Waals surface area contributed by atoms with E-state index in [-0.39, 0.29) is 13.2 Å². The number of ether oxygens (including phenoxy) is 2. The highest BCUT2D eigenvalue weighted by Crippen LogP contribution is 2.48. The van der Waals surface area contributed by atoms with Crippen LogP contribution in [0.25, 0.3) is 32.7 Å². The first-order valence-electron chi connectivity index (χ1n) is 9.12. The molecule has 0 amide bonds. The predicted octanol–water partition coefficient (Wildman–Crippen LogP) is 4.66. The van der Waals surface area contributed by atoms with Crippen LogP contribution >= 0.6 is 0 Å². The third-order valence-corrected chi connectivity index (χ3v) is 5.16. The van der Waals surface area contributed by atoms with Crippen molar-refractivity contribution in [1.82, 2.24) is 0 Å². The van der Waals surface area contributed by atoms with Gasteiger partial charge in [-0.3, -0.25) is 0 Å². The average molecular weight is 374 g/mol. The van der Waals surface area contributed by atoms with E-state index in [0.29, 0.717) is 22.6 Å². The van der Waals surface area contributed by atoms with Crippen LogP contribution in [0, 0.1) is 0 Å². The summed E-state index contributed by atoms with van der Waals surface area (Å²) in [6.45, 7) is -0.276. The van der Waals surface area contributed by atoms with Gasteiger partial charge < -0.3 is 19.7 Å². The van der Waals surface area contributed by atoms with Crippen LogP contribution < -0.4 is 9.47 Å². The van der Waals surface area contributed by atoms with Crippen LogP contribution in [0.4, 0.5) is 0 Å². The summed E-state index contributed by atoms with van der Waals surface area (Å²) in [7, 11) is 3.22. The minimum Gasteiger partial charge on any atom is -0.496 e. The molecule has 4 aromatic carbocycles. The third kappa shape index (κ3) is 2.78. The first-order valence-corrected chi connectivity index (χ1v) is 9.12. The highest BCUT2D eigenvalue weighted by molar-refractivity contribution is 6.10. The molecule has 0 aromatic heterocycles. The zero-order chi connectivity index (χ0) is 19.7. The smallest absolute Gasteiger partial charge is 0.132 e. The quantitative estimate of drug-likeness (QED) is 0.533. The maximum atomic E-state index is 9.97. The van der Waals surface area contributed by atoms with Crippen molar-refractivity contribution >= 4 is 21.5 Å². The van der Waals surface area contributed by atoms with Gasteiger partial charge in [0.2, 0.25) is 0 Å². The summed E-state index contributed by atoms with van der Waals surface area (Å²) in [6, 6.07) is 19.9. The molecule has 142 valence electrons. The number of aliphatic hydroxyl groups excluding tert-OH is 2. The van der Waals surface area contributed by atoms with E-state index in [1.165, 1.54) is 0 Å². The van der Waals surface area contributed by atoms with Crippen LogP contribution in [0.3, 0.4) is 0 Å². The van der Waals surface area contributed by atoms with Gasteiger partial charge in [0.15, 0.2) is 0 Å². The fraction of sp³-hybridized carbons (Fsp3) is 0.167. The van der Waals surface area contributed by atoms with Crippen LogP contribution in [0.1, 0.15) is 11.1 Å². The molecule has 0 bridgehead atoms. The monoisotopic (exact) mass is 374 g/mol. The average Bonchev–Trinajstić information content (AvgIpc) is 2.76. The van der Waals surface area contributed by atoms with Crippen LogP contribution in [0.2, 0.25) is 0 Å². The van der Waals surface area contributed by atoms with Gasteiger partial charge >= 0.3 is 0 Å². The van der Waals surface area contributed by atoms with Crippen LogP contribution in [-0.4, -0.2) is 24.4 Å². The molecule has 0 saturated heterocycles. The van der Waals surface area contributed by atoms with Crippen LogP contribution in [-0.2, 0) is 13.2 Å². The largest absolute Gasteiger partial charge is 0.496 e. The molecular formula is C24H22O4. The molecule has 0 heterocycles. The number of hydrogen-bond acceptors (Lipinski definition) is 4. The zero-order valence-electron chi connectivity index (χ0n) is 15.9. The lowest BCUT2D eigenvalue weighted by atomic mass is 9.89. The van der Waals surface area contributed by atoms with Gasteiger partial charge in [-0.15, -0.1) is 0 Å². The molecule has 0 atom stereocenters. The number of rotatable bonds is 5. The lowest BCUT2D eigenvalue weighted by Crippen LogP contribution is -2.01. The molecular weight excluding hydrogens is 352 g/mol. The second-order valence-electron chi connectivity index (χ2n) is 6.65. The van der Waals surface area contributed by atoms with Gasteiger partial charge in [-0.2, -0.15) is 0 Å².